The Hall–Kier alpha value is -2.42. The SMILES string of the molecule is O=C(NC(Cc1ccc(OCCCCNC2=NCCS2)cc1)C(=O)O)c1c(Cl)cccc1Cl. The smallest absolute Gasteiger partial charge is 0.326 e. The molecule has 0 saturated heterocycles. The van der Waals surface area contributed by atoms with Crippen LogP contribution in [0.15, 0.2) is 47.5 Å². The van der Waals surface area contributed by atoms with E-state index in [-0.39, 0.29) is 22.0 Å². The van der Waals surface area contributed by atoms with Gasteiger partial charge < -0.3 is 20.5 Å². The van der Waals surface area contributed by atoms with Gasteiger partial charge >= 0.3 is 5.97 Å². The lowest BCUT2D eigenvalue weighted by Crippen LogP contribution is -2.42. The third-order valence-electron chi connectivity index (χ3n) is 4.86. The predicted octanol–water partition coefficient (Wildman–Crippen LogP) is 4.27. The minimum atomic E-state index is -1.15. The lowest BCUT2D eigenvalue weighted by Gasteiger charge is -2.16. The summed E-state index contributed by atoms with van der Waals surface area (Å²) in [5.74, 6) is -0.0221. The molecule has 1 aliphatic rings. The summed E-state index contributed by atoms with van der Waals surface area (Å²) in [6.07, 6.45) is 1.99. The number of amidine groups is 1. The van der Waals surface area contributed by atoms with Gasteiger partial charge in [0.05, 0.1) is 28.8 Å². The zero-order valence-electron chi connectivity index (χ0n) is 17.9. The van der Waals surface area contributed by atoms with Gasteiger partial charge in [0.15, 0.2) is 5.17 Å². The molecule has 0 aliphatic carbocycles. The second-order valence-corrected chi connectivity index (χ2v) is 9.22. The number of carbonyl (C=O) groups is 2. The van der Waals surface area contributed by atoms with Crippen LogP contribution in [0.2, 0.25) is 10.0 Å². The normalized spacial score (nSPS) is 13.8. The standard InChI is InChI=1S/C23H25Cl2N3O4S/c24-17-4-3-5-18(25)20(17)21(29)28-19(22(30)31)14-15-6-8-16(9-7-15)32-12-2-1-10-26-23-27-11-13-33-23/h3-9,19H,1-2,10-14H2,(H,26,27)(H,28,29)(H,30,31). The van der Waals surface area contributed by atoms with E-state index in [0.717, 1.165) is 42.4 Å². The number of aliphatic carboxylic acids is 1. The van der Waals surface area contributed by atoms with Gasteiger partial charge in [-0.1, -0.05) is 53.2 Å². The summed E-state index contributed by atoms with van der Waals surface area (Å²) >= 11 is 13.8. The van der Waals surface area contributed by atoms with Crippen LogP contribution in [0.1, 0.15) is 28.8 Å². The quantitative estimate of drug-likeness (QED) is 0.391. The Labute approximate surface area is 206 Å². The van der Waals surface area contributed by atoms with E-state index in [1.54, 1.807) is 42.1 Å². The lowest BCUT2D eigenvalue weighted by atomic mass is 10.1. The van der Waals surface area contributed by atoms with Crippen molar-refractivity contribution in [1.82, 2.24) is 10.6 Å². The van der Waals surface area contributed by atoms with Crippen LogP contribution in [0.5, 0.6) is 5.75 Å². The molecule has 1 heterocycles. The molecule has 2 aromatic rings. The molecule has 1 aliphatic heterocycles. The summed E-state index contributed by atoms with van der Waals surface area (Å²) in [6, 6.07) is 10.7. The summed E-state index contributed by atoms with van der Waals surface area (Å²) < 4.78 is 5.76. The average molecular weight is 510 g/mol. The maximum Gasteiger partial charge on any atom is 0.326 e. The van der Waals surface area contributed by atoms with E-state index in [0.29, 0.717) is 12.4 Å². The van der Waals surface area contributed by atoms with Crippen molar-refractivity contribution in [3.8, 4) is 5.75 Å². The molecular weight excluding hydrogens is 485 g/mol. The lowest BCUT2D eigenvalue weighted by molar-refractivity contribution is -0.139. The minimum absolute atomic E-state index is 0.0565. The molecule has 1 amide bonds. The van der Waals surface area contributed by atoms with Crippen molar-refractivity contribution in [3.05, 3.63) is 63.6 Å². The number of carboxylic acids is 1. The fourth-order valence-corrected chi connectivity index (χ4v) is 4.49. The third kappa shape index (κ3) is 7.84. The Kier molecular flexibility index (Phi) is 9.72. The van der Waals surface area contributed by atoms with E-state index in [9.17, 15) is 14.7 Å². The van der Waals surface area contributed by atoms with E-state index >= 15 is 0 Å². The molecule has 10 heteroatoms. The van der Waals surface area contributed by atoms with E-state index < -0.39 is 17.9 Å². The summed E-state index contributed by atoms with van der Waals surface area (Å²) in [6.45, 7) is 2.35. The Morgan fingerprint density at radius 2 is 1.85 bits per heavy atom. The molecule has 0 aromatic heterocycles. The monoisotopic (exact) mass is 509 g/mol. The highest BCUT2D eigenvalue weighted by molar-refractivity contribution is 8.14. The van der Waals surface area contributed by atoms with Gasteiger partial charge in [-0.3, -0.25) is 9.79 Å². The number of amides is 1. The van der Waals surface area contributed by atoms with Crippen molar-refractivity contribution in [2.24, 2.45) is 4.99 Å². The van der Waals surface area contributed by atoms with Crippen molar-refractivity contribution in [2.45, 2.75) is 25.3 Å². The molecule has 3 rings (SSSR count). The van der Waals surface area contributed by atoms with Crippen LogP contribution < -0.4 is 15.4 Å². The van der Waals surface area contributed by atoms with Crippen LogP contribution in [0.4, 0.5) is 0 Å². The number of aliphatic imine (C=N–C) groups is 1. The van der Waals surface area contributed by atoms with Crippen molar-refractivity contribution in [1.29, 1.82) is 0 Å². The summed E-state index contributed by atoms with van der Waals surface area (Å²) in [7, 11) is 0. The van der Waals surface area contributed by atoms with Gasteiger partial charge in [0, 0.05) is 18.7 Å². The maximum atomic E-state index is 12.5. The molecular formula is C23H25Cl2N3O4S. The van der Waals surface area contributed by atoms with E-state index in [1.807, 2.05) is 0 Å². The van der Waals surface area contributed by atoms with Gasteiger partial charge in [-0.15, -0.1) is 0 Å². The first-order valence-electron chi connectivity index (χ1n) is 10.5. The summed E-state index contributed by atoms with van der Waals surface area (Å²) in [5.41, 5.74) is 0.806. The van der Waals surface area contributed by atoms with Crippen LogP contribution in [-0.2, 0) is 11.2 Å². The minimum Gasteiger partial charge on any atom is -0.494 e. The van der Waals surface area contributed by atoms with Gasteiger partial charge in [0.2, 0.25) is 0 Å². The van der Waals surface area contributed by atoms with Crippen molar-refractivity contribution >= 4 is 52.0 Å². The Morgan fingerprint density at radius 3 is 2.48 bits per heavy atom. The number of thioether (sulfide) groups is 1. The van der Waals surface area contributed by atoms with Crippen LogP contribution >= 0.6 is 35.0 Å². The van der Waals surface area contributed by atoms with Gasteiger partial charge in [-0.25, -0.2) is 4.79 Å². The van der Waals surface area contributed by atoms with Gasteiger partial charge in [-0.2, -0.15) is 0 Å². The number of nitrogens with zero attached hydrogens (tertiary/aromatic N) is 1. The molecule has 1 atom stereocenters. The van der Waals surface area contributed by atoms with Crippen molar-refractivity contribution in [3.63, 3.8) is 0 Å². The van der Waals surface area contributed by atoms with Gasteiger partial charge in [-0.05, 0) is 42.7 Å². The average Bonchev–Trinajstić information content (AvgIpc) is 3.30. The number of hydrogen-bond acceptors (Lipinski definition) is 6. The topological polar surface area (TPSA) is 100 Å². The highest BCUT2D eigenvalue weighted by Crippen LogP contribution is 2.24. The number of halogens is 2. The fraction of sp³-hybridized carbons (Fsp3) is 0.348. The van der Waals surface area contributed by atoms with E-state index in [4.69, 9.17) is 27.9 Å². The fourth-order valence-electron chi connectivity index (χ4n) is 3.16. The molecule has 0 bridgehead atoms. The molecule has 0 spiro atoms. The molecule has 2 aromatic carbocycles. The second-order valence-electron chi connectivity index (χ2n) is 7.33. The number of benzene rings is 2. The van der Waals surface area contributed by atoms with E-state index in [1.165, 1.54) is 12.1 Å². The number of carbonyl (C=O) groups excluding carboxylic acids is 1. The Balaban J connectivity index is 1.45. The number of unbranched alkanes of at least 4 members (excludes halogenated alkanes) is 1. The number of ether oxygens (including phenoxy) is 1. The first kappa shape index (κ1) is 25.2. The zero-order chi connectivity index (χ0) is 23.6. The molecule has 7 nitrogen and oxygen atoms in total. The molecule has 0 radical (unpaired) electrons. The highest BCUT2D eigenvalue weighted by atomic mass is 35.5. The third-order valence-corrected chi connectivity index (χ3v) is 6.42. The molecule has 0 saturated carbocycles. The van der Waals surface area contributed by atoms with Gasteiger partial charge in [0.25, 0.3) is 5.91 Å². The Morgan fingerprint density at radius 1 is 1.12 bits per heavy atom. The number of carboxylic acid groups (broad SMARTS) is 1. The first-order chi connectivity index (χ1) is 15.9. The van der Waals surface area contributed by atoms with E-state index in [2.05, 4.69) is 15.6 Å². The number of nitrogens with one attached hydrogen (secondary N) is 2. The van der Waals surface area contributed by atoms with Gasteiger partial charge in [0.1, 0.15) is 11.8 Å². The molecule has 33 heavy (non-hydrogen) atoms. The summed E-state index contributed by atoms with van der Waals surface area (Å²) in [5, 5.41) is 16.7. The zero-order valence-corrected chi connectivity index (χ0v) is 20.2. The first-order valence-corrected chi connectivity index (χ1v) is 12.3. The molecule has 0 fully saturated rings. The summed E-state index contributed by atoms with van der Waals surface area (Å²) in [4.78, 5) is 28.6. The predicted molar refractivity (Wildman–Crippen MR) is 133 cm³/mol. The largest absolute Gasteiger partial charge is 0.494 e. The van der Waals surface area contributed by atoms with Crippen LogP contribution in [0.25, 0.3) is 0 Å². The Bertz CT molecular complexity index is 981. The number of rotatable bonds is 11. The molecule has 176 valence electrons. The second kappa shape index (κ2) is 12.7. The maximum absolute atomic E-state index is 12.5. The highest BCUT2D eigenvalue weighted by Gasteiger charge is 2.23. The van der Waals surface area contributed by atoms with Crippen LogP contribution in [0.3, 0.4) is 0 Å². The van der Waals surface area contributed by atoms with Crippen LogP contribution in [0, 0.1) is 0 Å². The van der Waals surface area contributed by atoms with Crippen molar-refractivity contribution in [2.75, 3.05) is 25.4 Å². The van der Waals surface area contributed by atoms with Crippen molar-refractivity contribution < 1.29 is 19.4 Å². The van der Waals surface area contributed by atoms with Crippen LogP contribution in [-0.4, -0.2) is 53.6 Å². The number of hydrogen-bond donors (Lipinski definition) is 3. The molecule has 1 unspecified atom stereocenters. The molecule has 3 N–H and O–H groups in total.